The van der Waals surface area contributed by atoms with Crippen molar-refractivity contribution in [3.63, 3.8) is 0 Å². The van der Waals surface area contributed by atoms with Crippen LogP contribution in [0.2, 0.25) is 0 Å². The molecule has 0 unspecified atom stereocenters. The second-order valence-electron chi connectivity index (χ2n) is 6.55. The largest absolute Gasteiger partial charge is 0.493 e. The van der Waals surface area contributed by atoms with Crippen LogP contribution in [-0.4, -0.2) is 22.5 Å². The monoisotopic (exact) mass is 329 g/mol. The molecule has 4 nitrogen and oxygen atoms in total. The average Bonchev–Trinajstić information content (AvgIpc) is 3.27. The fourth-order valence-electron chi connectivity index (χ4n) is 3.75. The van der Waals surface area contributed by atoms with Crippen molar-refractivity contribution in [1.82, 2.24) is 9.88 Å². The Morgan fingerprint density at radius 3 is 2.91 bits per heavy atom. The number of ether oxygens (including phenoxy) is 1. The molecule has 2 heterocycles. The summed E-state index contributed by atoms with van der Waals surface area (Å²) in [6.45, 7) is 2.77. The number of nitrogen functional groups attached to an aromatic ring is 1. The Hall–Kier alpha value is -1.59. The highest BCUT2D eigenvalue weighted by atomic mass is 32.1. The highest BCUT2D eigenvalue weighted by molar-refractivity contribution is 7.15. The van der Waals surface area contributed by atoms with Gasteiger partial charge in [-0.2, -0.15) is 0 Å². The highest BCUT2D eigenvalue weighted by Gasteiger charge is 2.24. The molecule has 0 radical (unpaired) electrons. The van der Waals surface area contributed by atoms with Gasteiger partial charge in [0.05, 0.1) is 6.61 Å². The second kappa shape index (κ2) is 6.49. The van der Waals surface area contributed by atoms with Crippen molar-refractivity contribution in [3.05, 3.63) is 40.4 Å². The number of benzene rings is 1. The zero-order chi connectivity index (χ0) is 15.6. The Bertz CT molecular complexity index is 679. The normalized spacial score (nSPS) is 17.6. The maximum Gasteiger partial charge on any atom is 0.180 e. The third kappa shape index (κ3) is 3.35. The summed E-state index contributed by atoms with van der Waals surface area (Å²) >= 11 is 1.61. The molecule has 0 saturated heterocycles. The Labute approximate surface area is 141 Å². The van der Waals surface area contributed by atoms with Gasteiger partial charge in [-0.25, -0.2) is 4.98 Å². The molecular weight excluding hydrogens is 306 g/mol. The van der Waals surface area contributed by atoms with Gasteiger partial charge in [0.15, 0.2) is 5.13 Å². The van der Waals surface area contributed by atoms with Crippen molar-refractivity contribution in [2.45, 2.75) is 51.2 Å². The van der Waals surface area contributed by atoms with Gasteiger partial charge in [-0.15, -0.1) is 11.3 Å². The summed E-state index contributed by atoms with van der Waals surface area (Å²) in [5.74, 6) is 1.07. The second-order valence-corrected chi connectivity index (χ2v) is 7.70. The number of nitrogens with zero attached hydrogens (tertiary/aromatic N) is 2. The van der Waals surface area contributed by atoms with Crippen LogP contribution in [0.25, 0.3) is 0 Å². The molecule has 23 heavy (non-hydrogen) atoms. The molecule has 0 bridgehead atoms. The molecule has 1 aromatic heterocycles. The first-order chi connectivity index (χ1) is 11.3. The zero-order valence-electron chi connectivity index (χ0n) is 13.3. The van der Waals surface area contributed by atoms with Crippen LogP contribution < -0.4 is 10.5 Å². The molecule has 2 aliphatic rings. The van der Waals surface area contributed by atoms with Crippen molar-refractivity contribution >= 4 is 16.5 Å². The van der Waals surface area contributed by atoms with Crippen molar-refractivity contribution in [2.24, 2.45) is 0 Å². The van der Waals surface area contributed by atoms with E-state index < -0.39 is 0 Å². The Morgan fingerprint density at radius 1 is 1.26 bits per heavy atom. The van der Waals surface area contributed by atoms with Gasteiger partial charge in [0.2, 0.25) is 0 Å². The number of nitrogens with two attached hydrogens (primary N) is 1. The molecular formula is C18H23N3OS. The molecule has 1 saturated carbocycles. The fourth-order valence-corrected chi connectivity index (χ4v) is 4.46. The van der Waals surface area contributed by atoms with Crippen molar-refractivity contribution in [3.8, 4) is 5.75 Å². The Morgan fingerprint density at radius 2 is 2.13 bits per heavy atom. The molecule has 2 N–H and O–H groups in total. The maximum absolute atomic E-state index is 5.80. The number of anilines is 1. The van der Waals surface area contributed by atoms with Crippen molar-refractivity contribution in [1.29, 1.82) is 0 Å². The van der Waals surface area contributed by atoms with E-state index >= 15 is 0 Å². The molecule has 5 heteroatoms. The molecule has 2 aromatic rings. The van der Waals surface area contributed by atoms with Gasteiger partial charge in [0, 0.05) is 36.6 Å². The van der Waals surface area contributed by atoms with E-state index in [0.717, 1.165) is 31.9 Å². The van der Waals surface area contributed by atoms with E-state index in [2.05, 4.69) is 28.1 Å². The first-order valence-corrected chi connectivity index (χ1v) is 9.28. The van der Waals surface area contributed by atoms with E-state index in [4.69, 9.17) is 10.5 Å². The van der Waals surface area contributed by atoms with Crippen LogP contribution in [0.5, 0.6) is 5.75 Å². The van der Waals surface area contributed by atoms with Crippen LogP contribution in [0.1, 0.15) is 41.7 Å². The minimum Gasteiger partial charge on any atom is -0.493 e. The Balaban J connectivity index is 1.52. The first-order valence-electron chi connectivity index (χ1n) is 8.47. The Kier molecular flexibility index (Phi) is 4.23. The summed E-state index contributed by atoms with van der Waals surface area (Å²) in [5, 5.41) is 0.668. The van der Waals surface area contributed by atoms with Crippen LogP contribution in [-0.2, 0) is 19.5 Å². The number of fused-ring (bicyclic) bond motifs is 1. The summed E-state index contributed by atoms with van der Waals surface area (Å²) in [7, 11) is 0. The van der Waals surface area contributed by atoms with Gasteiger partial charge in [-0.3, -0.25) is 4.90 Å². The molecule has 0 atom stereocenters. The van der Waals surface area contributed by atoms with Crippen LogP contribution >= 0.6 is 11.3 Å². The van der Waals surface area contributed by atoms with E-state index in [1.165, 1.54) is 41.7 Å². The lowest BCUT2D eigenvalue weighted by Crippen LogP contribution is -2.32. The summed E-state index contributed by atoms with van der Waals surface area (Å²) in [6.07, 6.45) is 8.29. The number of hydrogen-bond acceptors (Lipinski definition) is 5. The molecule has 0 amide bonds. The lowest BCUT2D eigenvalue weighted by molar-refractivity contribution is 0.182. The van der Waals surface area contributed by atoms with Gasteiger partial charge >= 0.3 is 0 Å². The van der Waals surface area contributed by atoms with Gasteiger partial charge in [0.25, 0.3) is 0 Å². The molecule has 122 valence electrons. The topological polar surface area (TPSA) is 51.4 Å². The molecule has 1 fully saturated rings. The van der Waals surface area contributed by atoms with Crippen LogP contribution in [0, 0.1) is 0 Å². The number of hydrogen-bond donors (Lipinski definition) is 1. The lowest BCUT2D eigenvalue weighted by Gasteiger charge is -2.28. The SMILES string of the molecule is Nc1ncc(CN(Cc2ccc3c(c2)CCO3)C2CCCC2)s1. The molecule has 0 spiro atoms. The number of aromatic nitrogens is 1. The third-order valence-electron chi connectivity index (χ3n) is 4.91. The third-order valence-corrected chi connectivity index (χ3v) is 5.72. The van der Waals surface area contributed by atoms with E-state index in [1.54, 1.807) is 11.3 Å². The quantitative estimate of drug-likeness (QED) is 0.910. The van der Waals surface area contributed by atoms with Gasteiger partial charge in [0.1, 0.15) is 5.75 Å². The number of rotatable bonds is 5. The van der Waals surface area contributed by atoms with Crippen molar-refractivity contribution in [2.75, 3.05) is 12.3 Å². The molecule has 1 aliphatic heterocycles. The molecule has 1 aromatic carbocycles. The van der Waals surface area contributed by atoms with E-state index in [-0.39, 0.29) is 0 Å². The van der Waals surface area contributed by atoms with Crippen LogP contribution in [0.15, 0.2) is 24.4 Å². The van der Waals surface area contributed by atoms with Gasteiger partial charge in [-0.05, 0) is 30.0 Å². The predicted molar refractivity (Wildman–Crippen MR) is 93.7 cm³/mol. The highest BCUT2D eigenvalue weighted by Crippen LogP contribution is 2.30. The van der Waals surface area contributed by atoms with Crippen LogP contribution in [0.4, 0.5) is 5.13 Å². The summed E-state index contributed by atoms with van der Waals surface area (Å²) in [6, 6.07) is 7.36. The van der Waals surface area contributed by atoms with Gasteiger partial charge in [-0.1, -0.05) is 25.0 Å². The lowest BCUT2D eigenvalue weighted by atomic mass is 10.1. The maximum atomic E-state index is 5.80. The van der Waals surface area contributed by atoms with E-state index in [0.29, 0.717) is 11.2 Å². The smallest absolute Gasteiger partial charge is 0.180 e. The van der Waals surface area contributed by atoms with E-state index in [1.807, 2.05) is 6.20 Å². The first kappa shape index (κ1) is 15.0. The standard InChI is InChI=1S/C18H23N3OS/c19-18-20-10-16(23-18)12-21(15-3-1-2-4-15)11-13-5-6-17-14(9-13)7-8-22-17/h5-6,9-10,15H,1-4,7-8,11-12H2,(H2,19,20). The zero-order valence-corrected chi connectivity index (χ0v) is 14.1. The van der Waals surface area contributed by atoms with E-state index in [9.17, 15) is 0 Å². The van der Waals surface area contributed by atoms with Crippen molar-refractivity contribution < 1.29 is 4.74 Å². The summed E-state index contributed by atoms with van der Waals surface area (Å²) < 4.78 is 5.62. The minimum absolute atomic E-state index is 0.668. The molecule has 4 rings (SSSR count). The summed E-state index contributed by atoms with van der Waals surface area (Å²) in [5.41, 5.74) is 8.54. The van der Waals surface area contributed by atoms with Crippen LogP contribution in [0.3, 0.4) is 0 Å². The number of thiazole rings is 1. The average molecular weight is 329 g/mol. The van der Waals surface area contributed by atoms with Gasteiger partial charge < -0.3 is 10.5 Å². The predicted octanol–water partition coefficient (Wildman–Crippen LogP) is 3.61. The summed E-state index contributed by atoms with van der Waals surface area (Å²) in [4.78, 5) is 8.08. The minimum atomic E-state index is 0.668. The molecule has 1 aliphatic carbocycles. The fraction of sp³-hybridized carbons (Fsp3) is 0.500.